The van der Waals surface area contributed by atoms with Crippen LogP contribution in [0, 0.1) is 0 Å². The summed E-state index contributed by atoms with van der Waals surface area (Å²) in [4.78, 5) is 12.6. The Morgan fingerprint density at radius 1 is 1.33 bits per heavy atom. The molecule has 1 N–H and O–H groups in total. The van der Waals surface area contributed by atoms with E-state index in [1.165, 1.54) is 16.0 Å². The van der Waals surface area contributed by atoms with Crippen LogP contribution in [0.2, 0.25) is 0 Å². The monoisotopic (exact) mass is 307 g/mol. The van der Waals surface area contributed by atoms with Gasteiger partial charge in [-0.3, -0.25) is 4.79 Å². The fourth-order valence-corrected chi connectivity index (χ4v) is 2.56. The van der Waals surface area contributed by atoms with Crippen molar-refractivity contribution >= 4 is 16.5 Å². The number of aromatic nitrogens is 4. The zero-order chi connectivity index (χ0) is 15.6. The van der Waals surface area contributed by atoms with Crippen LogP contribution in [-0.4, -0.2) is 27.0 Å². The first-order valence-electron chi connectivity index (χ1n) is 7.01. The van der Waals surface area contributed by atoms with Gasteiger partial charge in [-0.15, -0.1) is 10.2 Å². The molecule has 2 heterocycles. The smallest absolute Gasteiger partial charge is 0.277 e. The normalized spacial score (nSPS) is 11.7. The molecule has 0 saturated heterocycles. The van der Waals surface area contributed by atoms with Crippen molar-refractivity contribution in [2.45, 2.75) is 46.1 Å². The molecule has 2 aromatic rings. The zero-order valence-electron chi connectivity index (χ0n) is 13.1. The van der Waals surface area contributed by atoms with E-state index in [1.807, 2.05) is 13.0 Å². The summed E-state index contributed by atoms with van der Waals surface area (Å²) >= 11 is 1.37. The lowest BCUT2D eigenvalue weighted by Gasteiger charge is -2.19. The Morgan fingerprint density at radius 3 is 2.57 bits per heavy atom. The van der Waals surface area contributed by atoms with Gasteiger partial charge in [0.1, 0.15) is 0 Å². The van der Waals surface area contributed by atoms with Gasteiger partial charge in [-0.25, -0.2) is 4.68 Å². The highest BCUT2D eigenvalue weighted by Gasteiger charge is 2.21. The minimum atomic E-state index is -0.130. The van der Waals surface area contributed by atoms with E-state index in [4.69, 9.17) is 0 Å². The summed E-state index contributed by atoms with van der Waals surface area (Å²) in [6, 6.07) is 1.84. The van der Waals surface area contributed by atoms with E-state index in [-0.39, 0.29) is 11.0 Å². The molecule has 21 heavy (non-hydrogen) atoms. The lowest BCUT2D eigenvalue weighted by Crippen LogP contribution is -2.28. The van der Waals surface area contributed by atoms with Gasteiger partial charge in [-0.05, 0) is 12.5 Å². The molecule has 0 unspecified atom stereocenters. The average Bonchev–Trinajstić information content (AvgIpc) is 2.88. The number of hydrogen-bond acceptors (Lipinski definition) is 6. The lowest BCUT2D eigenvalue weighted by atomic mass is 9.91. The first-order valence-corrected chi connectivity index (χ1v) is 7.82. The molecule has 0 aliphatic carbocycles. The summed E-state index contributed by atoms with van der Waals surface area (Å²) in [5.41, 5.74) is 1.21. The molecule has 0 bridgehead atoms. The fourth-order valence-electron chi connectivity index (χ4n) is 1.86. The maximum absolute atomic E-state index is 12.6. The summed E-state index contributed by atoms with van der Waals surface area (Å²) in [6.45, 7) is 8.88. The quantitative estimate of drug-likeness (QED) is 0.939. The molecule has 0 radical (unpaired) electrons. The predicted molar refractivity (Wildman–Crippen MR) is 85.9 cm³/mol. The minimum absolute atomic E-state index is 0.108. The third-order valence-electron chi connectivity index (χ3n) is 3.05. The van der Waals surface area contributed by atoms with Crippen molar-refractivity contribution in [2.24, 2.45) is 0 Å². The summed E-state index contributed by atoms with van der Waals surface area (Å²) in [7, 11) is 1.78. The Morgan fingerprint density at radius 2 is 2.05 bits per heavy atom. The van der Waals surface area contributed by atoms with Crippen molar-refractivity contribution in [3.8, 4) is 10.6 Å². The van der Waals surface area contributed by atoms with Crippen LogP contribution in [0.25, 0.3) is 10.6 Å². The van der Waals surface area contributed by atoms with Crippen molar-refractivity contribution < 1.29 is 0 Å². The molecule has 0 saturated carbocycles. The molecule has 0 aliphatic rings. The largest absolute Gasteiger partial charge is 0.363 e. The Kier molecular flexibility index (Phi) is 4.41. The van der Waals surface area contributed by atoms with E-state index in [2.05, 4.69) is 41.4 Å². The van der Waals surface area contributed by atoms with E-state index in [1.54, 1.807) is 7.05 Å². The van der Waals surface area contributed by atoms with E-state index >= 15 is 0 Å². The molecule has 0 spiro atoms. The van der Waals surface area contributed by atoms with Crippen LogP contribution in [0.15, 0.2) is 10.9 Å². The average molecular weight is 307 g/mol. The topological polar surface area (TPSA) is 72.7 Å². The van der Waals surface area contributed by atoms with Crippen molar-refractivity contribution in [3.05, 3.63) is 22.1 Å². The number of rotatable bonds is 4. The molecule has 0 fully saturated rings. The highest BCUT2D eigenvalue weighted by molar-refractivity contribution is 7.18. The van der Waals surface area contributed by atoms with Crippen LogP contribution in [0.3, 0.4) is 0 Å². The minimum Gasteiger partial charge on any atom is -0.363 e. The van der Waals surface area contributed by atoms with Gasteiger partial charge in [-0.1, -0.05) is 39.0 Å². The maximum Gasteiger partial charge on any atom is 0.277 e. The maximum atomic E-state index is 12.6. The van der Waals surface area contributed by atoms with Crippen molar-refractivity contribution in [1.82, 2.24) is 20.0 Å². The Balaban J connectivity index is 2.63. The van der Waals surface area contributed by atoms with E-state index in [0.717, 1.165) is 12.1 Å². The predicted octanol–water partition coefficient (Wildman–Crippen LogP) is 2.51. The Hall–Kier alpha value is -1.76. The standard InChI is InChI=1S/C14H21N5OS/c1-6-7-19-12(20)9(8-10(18-19)14(2,3)4)11-16-17-13(15-5)21-11/h8H,6-7H2,1-5H3,(H,15,17). The highest BCUT2D eigenvalue weighted by atomic mass is 32.1. The van der Waals surface area contributed by atoms with Crippen molar-refractivity contribution in [3.63, 3.8) is 0 Å². The van der Waals surface area contributed by atoms with Gasteiger partial charge in [0.25, 0.3) is 5.56 Å². The van der Waals surface area contributed by atoms with Crippen LogP contribution in [0.4, 0.5) is 5.13 Å². The third kappa shape index (κ3) is 3.29. The second-order valence-electron chi connectivity index (χ2n) is 5.88. The van der Waals surface area contributed by atoms with Crippen LogP contribution in [-0.2, 0) is 12.0 Å². The summed E-state index contributed by atoms with van der Waals surface area (Å²) in [5, 5.41) is 16.9. The SMILES string of the molecule is CCCn1nc(C(C)(C)C)cc(-c2nnc(NC)s2)c1=O. The van der Waals surface area contributed by atoms with E-state index in [0.29, 0.717) is 22.2 Å². The first kappa shape index (κ1) is 15.6. The molecule has 114 valence electrons. The first-order chi connectivity index (χ1) is 9.86. The van der Waals surface area contributed by atoms with Gasteiger partial charge in [0.15, 0.2) is 5.01 Å². The van der Waals surface area contributed by atoms with Gasteiger partial charge < -0.3 is 5.32 Å². The van der Waals surface area contributed by atoms with E-state index in [9.17, 15) is 4.79 Å². The number of hydrogen-bond donors (Lipinski definition) is 1. The summed E-state index contributed by atoms with van der Waals surface area (Å²) in [6.07, 6.45) is 0.859. The molecular weight excluding hydrogens is 286 g/mol. The second kappa shape index (κ2) is 5.93. The van der Waals surface area contributed by atoms with Crippen LogP contribution in [0.1, 0.15) is 39.8 Å². The van der Waals surface area contributed by atoms with Crippen LogP contribution in [0.5, 0.6) is 0 Å². The molecule has 0 aromatic carbocycles. The molecule has 2 aromatic heterocycles. The molecular formula is C14H21N5OS. The number of aryl methyl sites for hydroxylation is 1. The molecule has 7 heteroatoms. The second-order valence-corrected chi connectivity index (χ2v) is 6.86. The molecule has 0 amide bonds. The number of nitrogens with one attached hydrogen (secondary N) is 1. The number of anilines is 1. The molecule has 0 atom stereocenters. The van der Waals surface area contributed by atoms with Crippen molar-refractivity contribution in [1.29, 1.82) is 0 Å². The lowest BCUT2D eigenvalue weighted by molar-refractivity contribution is 0.497. The van der Waals surface area contributed by atoms with Gasteiger partial charge in [0, 0.05) is 19.0 Å². The Bertz CT molecular complexity index is 683. The van der Waals surface area contributed by atoms with Crippen molar-refractivity contribution in [2.75, 3.05) is 12.4 Å². The van der Waals surface area contributed by atoms with Gasteiger partial charge in [-0.2, -0.15) is 5.10 Å². The van der Waals surface area contributed by atoms with Gasteiger partial charge in [0.05, 0.1) is 11.3 Å². The molecule has 2 rings (SSSR count). The third-order valence-corrected chi connectivity index (χ3v) is 4.02. The molecule has 0 aliphatic heterocycles. The summed E-state index contributed by atoms with van der Waals surface area (Å²) < 4.78 is 1.54. The Labute approximate surface area is 128 Å². The highest BCUT2D eigenvalue weighted by Crippen LogP contribution is 2.27. The van der Waals surface area contributed by atoms with Crippen LogP contribution >= 0.6 is 11.3 Å². The molecule has 6 nitrogen and oxygen atoms in total. The van der Waals surface area contributed by atoms with Gasteiger partial charge in [0.2, 0.25) is 5.13 Å². The summed E-state index contributed by atoms with van der Waals surface area (Å²) in [5.74, 6) is 0. The fraction of sp³-hybridized carbons (Fsp3) is 0.571. The van der Waals surface area contributed by atoms with E-state index < -0.39 is 0 Å². The van der Waals surface area contributed by atoms with Crippen LogP contribution < -0.4 is 10.9 Å². The van der Waals surface area contributed by atoms with Gasteiger partial charge >= 0.3 is 0 Å². The zero-order valence-corrected chi connectivity index (χ0v) is 13.9. The number of nitrogens with zero attached hydrogens (tertiary/aromatic N) is 4.